The molecule has 0 unspecified atom stereocenters. The second-order valence-corrected chi connectivity index (χ2v) is 17.7. The van der Waals surface area contributed by atoms with E-state index in [4.69, 9.17) is 0 Å². The third-order valence-electron chi connectivity index (χ3n) is 8.98. The number of anilines is 6. The molecular formula is C39H33BN2Si. The van der Waals surface area contributed by atoms with Gasteiger partial charge in [0.05, 0.1) is 8.07 Å². The zero-order chi connectivity index (χ0) is 29.1. The lowest BCUT2D eigenvalue weighted by molar-refractivity contribution is 1.25. The SMILES string of the molecule is C[Si](C)(C)c1ccc2c(c1)B1c3ccccc3N(c3ccccc3)c3cc(-c4ccccc4)cc(c31)N2c1ccccc1. The number of hydrogen-bond donors (Lipinski definition) is 0. The van der Waals surface area contributed by atoms with Gasteiger partial charge >= 0.3 is 0 Å². The minimum atomic E-state index is -1.56. The van der Waals surface area contributed by atoms with Crippen molar-refractivity contribution < 1.29 is 0 Å². The topological polar surface area (TPSA) is 6.48 Å². The Morgan fingerprint density at radius 1 is 0.442 bits per heavy atom. The first-order valence-corrected chi connectivity index (χ1v) is 18.7. The van der Waals surface area contributed by atoms with Crippen LogP contribution in [0, 0.1) is 0 Å². The highest BCUT2D eigenvalue weighted by molar-refractivity contribution is 7.01. The Labute approximate surface area is 256 Å². The molecule has 6 aromatic carbocycles. The summed E-state index contributed by atoms with van der Waals surface area (Å²) in [6, 6.07) is 53.7. The monoisotopic (exact) mass is 568 g/mol. The number of benzene rings is 6. The highest BCUT2D eigenvalue weighted by Crippen LogP contribution is 2.45. The maximum absolute atomic E-state index is 2.54. The van der Waals surface area contributed by atoms with Crippen molar-refractivity contribution in [2.45, 2.75) is 19.6 Å². The van der Waals surface area contributed by atoms with Gasteiger partial charge in [0.1, 0.15) is 0 Å². The van der Waals surface area contributed by atoms with E-state index >= 15 is 0 Å². The molecule has 2 nitrogen and oxygen atoms in total. The van der Waals surface area contributed by atoms with Crippen LogP contribution in [0.15, 0.2) is 146 Å². The van der Waals surface area contributed by atoms with Crippen molar-refractivity contribution in [3.63, 3.8) is 0 Å². The van der Waals surface area contributed by atoms with E-state index in [1.54, 1.807) is 0 Å². The molecule has 0 aliphatic carbocycles. The van der Waals surface area contributed by atoms with Crippen LogP contribution in [0.3, 0.4) is 0 Å². The number of rotatable bonds is 4. The Kier molecular flexibility index (Phi) is 5.95. The molecule has 2 heterocycles. The van der Waals surface area contributed by atoms with Crippen LogP contribution in [0.25, 0.3) is 11.1 Å². The van der Waals surface area contributed by atoms with E-state index in [1.807, 2.05) is 0 Å². The van der Waals surface area contributed by atoms with Crippen LogP contribution in [-0.4, -0.2) is 14.8 Å². The van der Waals surface area contributed by atoms with Gasteiger partial charge in [0.25, 0.3) is 6.71 Å². The summed E-state index contributed by atoms with van der Waals surface area (Å²) in [4.78, 5) is 4.98. The Hall–Kier alpha value is -4.80. The summed E-state index contributed by atoms with van der Waals surface area (Å²) < 4.78 is 0. The third-order valence-corrected chi connectivity index (χ3v) is 11.0. The fourth-order valence-electron chi connectivity index (χ4n) is 6.93. The first-order chi connectivity index (χ1) is 21.0. The second kappa shape index (κ2) is 9.89. The van der Waals surface area contributed by atoms with Gasteiger partial charge in [0.15, 0.2) is 0 Å². The zero-order valence-corrected chi connectivity index (χ0v) is 25.8. The van der Waals surface area contributed by atoms with Crippen molar-refractivity contribution in [2.24, 2.45) is 0 Å². The van der Waals surface area contributed by atoms with E-state index in [0.29, 0.717) is 0 Å². The van der Waals surface area contributed by atoms with Crippen LogP contribution in [0.4, 0.5) is 34.1 Å². The van der Waals surface area contributed by atoms with Crippen molar-refractivity contribution >= 4 is 70.5 Å². The van der Waals surface area contributed by atoms with Crippen molar-refractivity contribution in [3.05, 3.63) is 146 Å². The highest BCUT2D eigenvalue weighted by atomic mass is 28.3. The molecule has 0 spiro atoms. The average molecular weight is 569 g/mol. The van der Waals surface area contributed by atoms with Gasteiger partial charge in [-0.05, 0) is 76.0 Å². The van der Waals surface area contributed by atoms with Crippen LogP contribution >= 0.6 is 0 Å². The normalized spacial score (nSPS) is 13.3. The highest BCUT2D eigenvalue weighted by Gasteiger charge is 2.43. The quantitative estimate of drug-likeness (QED) is 0.199. The second-order valence-electron chi connectivity index (χ2n) is 12.7. The molecule has 43 heavy (non-hydrogen) atoms. The standard InChI is InChI=1S/C39H33BN2Si/c1-43(2,3)32-23-24-36-34(27-32)40-33-21-13-14-22-35(33)41(30-17-9-5-10-18-30)37-25-29(28-15-7-4-8-16-28)26-38(39(37)40)42(36)31-19-11-6-12-20-31/h4-27H,1-3H3. The number of hydrogen-bond acceptors (Lipinski definition) is 2. The van der Waals surface area contributed by atoms with Crippen LogP contribution in [0.1, 0.15) is 0 Å². The van der Waals surface area contributed by atoms with E-state index in [2.05, 4.69) is 175 Å². The number of nitrogens with zero attached hydrogens (tertiary/aromatic N) is 2. The molecule has 0 amide bonds. The van der Waals surface area contributed by atoms with Gasteiger partial charge in [-0.3, -0.25) is 0 Å². The Bertz CT molecular complexity index is 1950. The molecule has 0 aromatic heterocycles. The smallest absolute Gasteiger partial charge is 0.252 e. The van der Waals surface area contributed by atoms with Gasteiger partial charge in [-0.2, -0.15) is 0 Å². The summed E-state index contributed by atoms with van der Waals surface area (Å²) in [5.41, 5.74) is 13.9. The zero-order valence-electron chi connectivity index (χ0n) is 24.8. The summed E-state index contributed by atoms with van der Waals surface area (Å²) in [6.45, 7) is 7.48. The molecule has 8 rings (SSSR count). The van der Waals surface area contributed by atoms with Gasteiger partial charge < -0.3 is 9.80 Å². The van der Waals surface area contributed by atoms with Gasteiger partial charge in [-0.15, -0.1) is 0 Å². The first kappa shape index (κ1) is 25.9. The predicted molar refractivity (Wildman–Crippen MR) is 189 cm³/mol. The predicted octanol–water partition coefficient (Wildman–Crippen LogP) is 7.98. The van der Waals surface area contributed by atoms with Crippen LogP contribution in [-0.2, 0) is 0 Å². The van der Waals surface area contributed by atoms with Crippen molar-refractivity contribution in [1.29, 1.82) is 0 Å². The van der Waals surface area contributed by atoms with E-state index < -0.39 is 8.07 Å². The maximum Gasteiger partial charge on any atom is 0.252 e. The Morgan fingerprint density at radius 3 is 1.53 bits per heavy atom. The molecule has 2 aliphatic rings. The first-order valence-electron chi connectivity index (χ1n) is 15.2. The molecule has 2 aliphatic heterocycles. The lowest BCUT2D eigenvalue weighted by Gasteiger charge is -2.44. The lowest BCUT2D eigenvalue weighted by Crippen LogP contribution is -2.62. The molecule has 0 fully saturated rings. The van der Waals surface area contributed by atoms with Crippen molar-refractivity contribution in [1.82, 2.24) is 0 Å². The van der Waals surface area contributed by atoms with Gasteiger partial charge in [0.2, 0.25) is 0 Å². The molecule has 0 bridgehead atoms. The summed E-state index contributed by atoms with van der Waals surface area (Å²) in [5, 5.41) is 1.49. The molecule has 206 valence electrons. The fraction of sp³-hybridized carbons (Fsp3) is 0.0769. The molecule has 0 radical (unpaired) electrons. The summed E-state index contributed by atoms with van der Waals surface area (Å²) >= 11 is 0. The van der Waals surface area contributed by atoms with E-state index in [1.165, 1.54) is 66.8 Å². The summed E-state index contributed by atoms with van der Waals surface area (Å²) in [6.07, 6.45) is 0. The molecule has 0 N–H and O–H groups in total. The van der Waals surface area contributed by atoms with Crippen LogP contribution < -0.4 is 31.4 Å². The lowest BCUT2D eigenvalue weighted by atomic mass is 9.33. The molecule has 0 saturated heterocycles. The minimum Gasteiger partial charge on any atom is -0.311 e. The summed E-state index contributed by atoms with van der Waals surface area (Å²) in [7, 11) is -1.56. The van der Waals surface area contributed by atoms with Crippen molar-refractivity contribution in [3.8, 4) is 11.1 Å². The molecule has 0 atom stereocenters. The fourth-order valence-corrected chi connectivity index (χ4v) is 8.10. The van der Waals surface area contributed by atoms with E-state index in [9.17, 15) is 0 Å². The molecular weight excluding hydrogens is 535 g/mol. The Morgan fingerprint density at radius 2 is 0.953 bits per heavy atom. The third kappa shape index (κ3) is 4.17. The number of fused-ring (bicyclic) bond motifs is 4. The average Bonchev–Trinajstić information content (AvgIpc) is 3.05. The van der Waals surface area contributed by atoms with E-state index in [-0.39, 0.29) is 6.71 Å². The molecule has 6 aromatic rings. The number of para-hydroxylation sites is 3. The van der Waals surface area contributed by atoms with Crippen molar-refractivity contribution in [2.75, 3.05) is 9.80 Å². The van der Waals surface area contributed by atoms with E-state index in [0.717, 1.165) is 0 Å². The van der Waals surface area contributed by atoms with Gasteiger partial charge in [0, 0.05) is 34.1 Å². The van der Waals surface area contributed by atoms with Gasteiger partial charge in [-0.25, -0.2) is 0 Å². The molecule has 4 heteroatoms. The van der Waals surface area contributed by atoms with Crippen LogP contribution in [0.2, 0.25) is 19.6 Å². The van der Waals surface area contributed by atoms with Crippen LogP contribution in [0.5, 0.6) is 0 Å². The molecule has 0 saturated carbocycles. The largest absolute Gasteiger partial charge is 0.311 e. The minimum absolute atomic E-state index is 0.136. The maximum atomic E-state index is 2.54. The van der Waals surface area contributed by atoms with Gasteiger partial charge in [-0.1, -0.05) is 122 Å². The Balaban J connectivity index is 1.51. The summed E-state index contributed by atoms with van der Waals surface area (Å²) in [5.74, 6) is 0.